The molecule has 0 radical (unpaired) electrons. The highest BCUT2D eigenvalue weighted by Crippen LogP contribution is 2.25. The minimum Gasteiger partial charge on any atom is -0.319 e. The monoisotopic (exact) mass is 236 g/mol. The lowest BCUT2D eigenvalue weighted by atomic mass is 10.2. The van der Waals surface area contributed by atoms with Crippen molar-refractivity contribution in [1.82, 2.24) is 4.98 Å². The predicted octanol–water partition coefficient (Wildman–Crippen LogP) is 2.23. The third-order valence-electron chi connectivity index (χ3n) is 1.83. The van der Waals surface area contributed by atoms with Gasteiger partial charge < -0.3 is 5.32 Å². The topological polar surface area (TPSA) is 42.0 Å². The van der Waals surface area contributed by atoms with Gasteiger partial charge in [0, 0.05) is 6.20 Å². The lowest BCUT2D eigenvalue weighted by Gasteiger charge is -2.15. The highest BCUT2D eigenvalue weighted by Gasteiger charge is 2.49. The van der Waals surface area contributed by atoms with Crippen molar-refractivity contribution < 1.29 is 22.4 Å². The standard InChI is InChI=1S/C9H8F4N2O/c1-5-6(3-2-4-14-5)15-8(16)9(12,13)7(10)11/h2-4,7H,1H3,(H,15,16). The largest absolute Gasteiger partial charge is 0.383 e. The fourth-order valence-electron chi connectivity index (χ4n) is 0.921. The molecule has 16 heavy (non-hydrogen) atoms. The number of rotatable bonds is 3. The van der Waals surface area contributed by atoms with Crippen LogP contribution in [0.15, 0.2) is 18.3 Å². The molecule has 1 rings (SSSR count). The predicted molar refractivity (Wildman–Crippen MR) is 48.6 cm³/mol. The fourth-order valence-corrected chi connectivity index (χ4v) is 0.921. The summed E-state index contributed by atoms with van der Waals surface area (Å²) in [5.74, 6) is -6.75. The smallest absolute Gasteiger partial charge is 0.319 e. The third-order valence-corrected chi connectivity index (χ3v) is 1.83. The number of alkyl halides is 4. The van der Waals surface area contributed by atoms with E-state index in [1.807, 2.05) is 0 Å². The summed E-state index contributed by atoms with van der Waals surface area (Å²) in [5, 5.41) is 1.70. The first-order chi connectivity index (χ1) is 7.35. The molecule has 0 spiro atoms. The molecule has 0 aromatic carbocycles. The van der Waals surface area contributed by atoms with Crippen molar-refractivity contribution in [3.63, 3.8) is 0 Å². The molecule has 0 bridgehead atoms. The number of halogens is 4. The van der Waals surface area contributed by atoms with Crippen LogP contribution in [0, 0.1) is 6.92 Å². The van der Waals surface area contributed by atoms with Crippen molar-refractivity contribution in [3.05, 3.63) is 24.0 Å². The maximum Gasteiger partial charge on any atom is 0.383 e. The van der Waals surface area contributed by atoms with Crippen LogP contribution in [0.3, 0.4) is 0 Å². The molecular formula is C9H8F4N2O. The summed E-state index contributed by atoms with van der Waals surface area (Å²) < 4.78 is 48.8. The minimum atomic E-state index is -4.71. The van der Waals surface area contributed by atoms with Gasteiger partial charge in [-0.1, -0.05) is 0 Å². The molecule has 0 aliphatic rings. The molecule has 0 atom stereocenters. The molecule has 88 valence electrons. The van der Waals surface area contributed by atoms with Crippen LogP contribution in [-0.4, -0.2) is 23.2 Å². The first kappa shape index (κ1) is 12.4. The first-order valence-electron chi connectivity index (χ1n) is 4.24. The summed E-state index contributed by atoms with van der Waals surface area (Å²) in [7, 11) is 0. The van der Waals surface area contributed by atoms with Crippen molar-refractivity contribution in [2.75, 3.05) is 5.32 Å². The lowest BCUT2D eigenvalue weighted by molar-refractivity contribution is -0.163. The second-order valence-electron chi connectivity index (χ2n) is 3.01. The van der Waals surface area contributed by atoms with E-state index in [1.54, 1.807) is 5.32 Å². The maximum atomic E-state index is 12.6. The van der Waals surface area contributed by atoms with E-state index in [4.69, 9.17) is 0 Å². The van der Waals surface area contributed by atoms with Gasteiger partial charge in [-0.25, -0.2) is 8.78 Å². The normalized spacial score (nSPS) is 11.6. The van der Waals surface area contributed by atoms with Crippen LogP contribution in [0.4, 0.5) is 23.2 Å². The van der Waals surface area contributed by atoms with E-state index in [-0.39, 0.29) is 11.4 Å². The highest BCUT2D eigenvalue weighted by molar-refractivity contribution is 5.96. The summed E-state index contributed by atoms with van der Waals surface area (Å²) in [4.78, 5) is 14.6. The molecule has 1 aromatic rings. The number of carbonyl (C=O) groups is 1. The zero-order valence-corrected chi connectivity index (χ0v) is 8.18. The Morgan fingerprint density at radius 1 is 1.50 bits per heavy atom. The Kier molecular flexibility index (Phi) is 3.46. The van der Waals surface area contributed by atoms with Crippen molar-refractivity contribution in [3.8, 4) is 0 Å². The fraction of sp³-hybridized carbons (Fsp3) is 0.333. The molecule has 3 nitrogen and oxygen atoms in total. The van der Waals surface area contributed by atoms with Gasteiger partial charge in [0.15, 0.2) is 0 Å². The van der Waals surface area contributed by atoms with Gasteiger partial charge in [0.2, 0.25) is 0 Å². The zero-order valence-electron chi connectivity index (χ0n) is 8.18. The highest BCUT2D eigenvalue weighted by atomic mass is 19.3. The van der Waals surface area contributed by atoms with Crippen LogP contribution < -0.4 is 5.32 Å². The molecule has 0 saturated heterocycles. The molecule has 0 unspecified atom stereocenters. The zero-order chi connectivity index (χ0) is 12.3. The third kappa shape index (κ3) is 2.47. The van der Waals surface area contributed by atoms with Gasteiger partial charge in [-0.15, -0.1) is 0 Å². The Bertz CT molecular complexity index is 395. The number of pyridine rings is 1. The molecule has 0 fully saturated rings. The molecule has 0 saturated carbocycles. The van der Waals surface area contributed by atoms with E-state index < -0.39 is 18.3 Å². The Hall–Kier alpha value is -1.66. The van der Waals surface area contributed by atoms with Gasteiger partial charge in [0.1, 0.15) is 0 Å². The number of nitrogens with one attached hydrogen (secondary N) is 1. The van der Waals surface area contributed by atoms with Crippen LogP contribution in [-0.2, 0) is 4.79 Å². The Labute approximate surface area is 88.5 Å². The van der Waals surface area contributed by atoms with Gasteiger partial charge in [0.25, 0.3) is 0 Å². The van der Waals surface area contributed by atoms with E-state index in [9.17, 15) is 22.4 Å². The van der Waals surface area contributed by atoms with Crippen molar-refractivity contribution >= 4 is 11.6 Å². The summed E-state index contributed by atoms with van der Waals surface area (Å²) >= 11 is 0. The number of aryl methyl sites for hydroxylation is 1. The maximum absolute atomic E-state index is 12.6. The Morgan fingerprint density at radius 2 is 2.12 bits per heavy atom. The quantitative estimate of drug-likeness (QED) is 0.817. The lowest BCUT2D eigenvalue weighted by Crippen LogP contribution is -2.41. The van der Waals surface area contributed by atoms with Crippen molar-refractivity contribution in [1.29, 1.82) is 0 Å². The van der Waals surface area contributed by atoms with E-state index in [0.717, 1.165) is 0 Å². The van der Waals surface area contributed by atoms with Crippen LogP contribution >= 0.6 is 0 Å². The minimum absolute atomic E-state index is 0.0205. The van der Waals surface area contributed by atoms with Gasteiger partial charge in [-0.3, -0.25) is 9.78 Å². The van der Waals surface area contributed by atoms with Crippen LogP contribution in [0.2, 0.25) is 0 Å². The molecule has 1 heterocycles. The molecule has 0 aliphatic carbocycles. The summed E-state index contributed by atoms with van der Waals surface area (Å²) in [6.07, 6.45) is -2.65. The number of amides is 1. The van der Waals surface area contributed by atoms with E-state index >= 15 is 0 Å². The number of nitrogens with zero attached hydrogens (tertiary/aromatic N) is 1. The van der Waals surface area contributed by atoms with Gasteiger partial charge in [0.05, 0.1) is 11.4 Å². The first-order valence-corrected chi connectivity index (χ1v) is 4.24. The van der Waals surface area contributed by atoms with Gasteiger partial charge in [-0.05, 0) is 19.1 Å². The Balaban J connectivity index is 2.84. The average Bonchev–Trinajstić information content (AvgIpc) is 2.21. The van der Waals surface area contributed by atoms with Crippen molar-refractivity contribution in [2.45, 2.75) is 19.3 Å². The van der Waals surface area contributed by atoms with Crippen LogP contribution in [0.5, 0.6) is 0 Å². The number of carbonyl (C=O) groups excluding carboxylic acids is 1. The summed E-state index contributed by atoms with van der Waals surface area (Å²) in [6.45, 7) is 1.45. The average molecular weight is 236 g/mol. The molecular weight excluding hydrogens is 228 g/mol. The van der Waals surface area contributed by atoms with Crippen molar-refractivity contribution in [2.24, 2.45) is 0 Å². The molecule has 0 aliphatic heterocycles. The Morgan fingerprint density at radius 3 is 2.62 bits per heavy atom. The second-order valence-corrected chi connectivity index (χ2v) is 3.01. The summed E-state index contributed by atoms with van der Waals surface area (Å²) in [5.41, 5.74) is 0.244. The van der Waals surface area contributed by atoms with E-state index in [0.29, 0.717) is 0 Å². The molecule has 1 N–H and O–H groups in total. The molecule has 7 heteroatoms. The number of anilines is 1. The molecule has 1 aromatic heterocycles. The molecule has 1 amide bonds. The number of aromatic nitrogens is 1. The SMILES string of the molecule is Cc1ncccc1NC(=O)C(F)(F)C(F)F. The van der Waals surface area contributed by atoms with Gasteiger partial charge >= 0.3 is 18.3 Å². The van der Waals surface area contributed by atoms with E-state index in [1.165, 1.54) is 25.3 Å². The van der Waals surface area contributed by atoms with Crippen LogP contribution in [0.1, 0.15) is 5.69 Å². The van der Waals surface area contributed by atoms with Gasteiger partial charge in [-0.2, -0.15) is 8.78 Å². The number of hydrogen-bond acceptors (Lipinski definition) is 2. The second kappa shape index (κ2) is 4.46. The van der Waals surface area contributed by atoms with Crippen LogP contribution in [0.25, 0.3) is 0 Å². The van der Waals surface area contributed by atoms with E-state index in [2.05, 4.69) is 4.98 Å². The number of hydrogen-bond donors (Lipinski definition) is 1. The summed E-state index contributed by atoms with van der Waals surface area (Å²) in [6, 6.07) is 2.69.